The van der Waals surface area contributed by atoms with Crippen LogP contribution in [0.4, 0.5) is 0 Å². The fraction of sp³-hybridized carbons (Fsp3) is 0.250. The number of pyridine rings is 1. The summed E-state index contributed by atoms with van der Waals surface area (Å²) in [6, 6.07) is 6.61. The van der Waals surface area contributed by atoms with Gasteiger partial charge in [0, 0.05) is 17.3 Å². The maximum absolute atomic E-state index is 4.24. The second-order valence-electron chi connectivity index (χ2n) is 3.66. The van der Waals surface area contributed by atoms with Crippen molar-refractivity contribution in [1.82, 2.24) is 10.3 Å². The fourth-order valence-corrected chi connectivity index (χ4v) is 3.25. The molecule has 2 aromatic heterocycles. The van der Waals surface area contributed by atoms with Crippen LogP contribution in [0.1, 0.15) is 22.0 Å². The largest absolute Gasteiger partial charge is 0.309 e. The Balaban J connectivity index is 2.36. The molecular weight excluding hydrogens is 284 g/mol. The SMILES string of the molecule is CNC(c1cncc(C)c1)c1ccc(Br)s1. The Bertz CT molecular complexity index is 481. The first-order valence-corrected chi connectivity index (χ1v) is 6.65. The standard InChI is InChI=1S/C12H13BrN2S/c1-8-5-9(7-15-6-8)12(14-2)10-3-4-11(13)16-10/h3-7,12,14H,1-2H3. The van der Waals surface area contributed by atoms with Crippen LogP contribution in [0.2, 0.25) is 0 Å². The monoisotopic (exact) mass is 296 g/mol. The van der Waals surface area contributed by atoms with Gasteiger partial charge in [-0.2, -0.15) is 0 Å². The number of nitrogens with zero attached hydrogens (tertiary/aromatic N) is 1. The Hall–Kier alpha value is -0.710. The average Bonchev–Trinajstić information content (AvgIpc) is 2.66. The van der Waals surface area contributed by atoms with E-state index in [1.165, 1.54) is 16.0 Å². The minimum Gasteiger partial charge on any atom is -0.309 e. The van der Waals surface area contributed by atoms with E-state index in [2.05, 4.69) is 51.4 Å². The Morgan fingerprint density at radius 3 is 2.75 bits per heavy atom. The van der Waals surface area contributed by atoms with E-state index in [4.69, 9.17) is 0 Å². The minimum atomic E-state index is 0.226. The van der Waals surface area contributed by atoms with E-state index in [1.54, 1.807) is 11.3 Å². The molecule has 16 heavy (non-hydrogen) atoms. The van der Waals surface area contributed by atoms with E-state index >= 15 is 0 Å². The summed E-state index contributed by atoms with van der Waals surface area (Å²) in [5, 5.41) is 3.32. The van der Waals surface area contributed by atoms with Crippen LogP contribution in [-0.4, -0.2) is 12.0 Å². The first-order chi connectivity index (χ1) is 7.70. The highest BCUT2D eigenvalue weighted by atomic mass is 79.9. The zero-order valence-corrected chi connectivity index (χ0v) is 11.6. The highest BCUT2D eigenvalue weighted by Gasteiger charge is 2.14. The predicted octanol–water partition coefficient (Wildman–Crippen LogP) is 3.52. The van der Waals surface area contributed by atoms with Crippen LogP contribution in [-0.2, 0) is 0 Å². The fourth-order valence-electron chi connectivity index (χ4n) is 1.69. The molecule has 1 atom stereocenters. The molecule has 0 saturated heterocycles. The molecule has 2 nitrogen and oxygen atoms in total. The molecule has 0 saturated carbocycles. The number of aromatic nitrogens is 1. The van der Waals surface area contributed by atoms with Crippen molar-refractivity contribution >= 4 is 27.3 Å². The summed E-state index contributed by atoms with van der Waals surface area (Å²) in [5.41, 5.74) is 2.39. The van der Waals surface area contributed by atoms with Crippen LogP contribution in [0, 0.1) is 6.92 Å². The first kappa shape index (κ1) is 11.8. The lowest BCUT2D eigenvalue weighted by atomic mass is 10.1. The second-order valence-corrected chi connectivity index (χ2v) is 6.15. The van der Waals surface area contributed by atoms with Gasteiger partial charge in [0.05, 0.1) is 9.83 Å². The first-order valence-electron chi connectivity index (χ1n) is 5.05. The van der Waals surface area contributed by atoms with Crippen molar-refractivity contribution in [2.75, 3.05) is 7.05 Å². The molecule has 84 valence electrons. The topological polar surface area (TPSA) is 24.9 Å². The van der Waals surface area contributed by atoms with Crippen molar-refractivity contribution in [3.05, 3.63) is 50.4 Å². The van der Waals surface area contributed by atoms with Crippen molar-refractivity contribution in [2.45, 2.75) is 13.0 Å². The molecule has 1 unspecified atom stereocenters. The van der Waals surface area contributed by atoms with Gasteiger partial charge in [0.2, 0.25) is 0 Å². The number of hydrogen-bond donors (Lipinski definition) is 1. The Morgan fingerprint density at radius 1 is 1.38 bits per heavy atom. The molecule has 0 spiro atoms. The summed E-state index contributed by atoms with van der Waals surface area (Å²) in [7, 11) is 1.97. The maximum atomic E-state index is 4.24. The Morgan fingerprint density at radius 2 is 2.19 bits per heavy atom. The number of rotatable bonds is 3. The zero-order chi connectivity index (χ0) is 11.5. The predicted molar refractivity (Wildman–Crippen MR) is 71.9 cm³/mol. The number of aryl methyl sites for hydroxylation is 1. The molecular formula is C12H13BrN2S. The van der Waals surface area contributed by atoms with Gasteiger partial charge >= 0.3 is 0 Å². The van der Waals surface area contributed by atoms with Gasteiger partial charge < -0.3 is 5.32 Å². The molecule has 0 amide bonds. The van der Waals surface area contributed by atoms with Crippen molar-refractivity contribution in [3.63, 3.8) is 0 Å². The molecule has 0 aliphatic carbocycles. The minimum absolute atomic E-state index is 0.226. The maximum Gasteiger partial charge on any atom is 0.0702 e. The van der Waals surface area contributed by atoms with Crippen molar-refractivity contribution in [1.29, 1.82) is 0 Å². The van der Waals surface area contributed by atoms with Gasteiger partial charge in [-0.15, -0.1) is 11.3 Å². The van der Waals surface area contributed by atoms with E-state index in [0.717, 1.165) is 3.79 Å². The third-order valence-electron chi connectivity index (χ3n) is 2.40. The summed E-state index contributed by atoms with van der Waals surface area (Å²) in [6.07, 6.45) is 3.79. The summed E-state index contributed by atoms with van der Waals surface area (Å²) < 4.78 is 1.16. The van der Waals surface area contributed by atoms with Crippen LogP contribution in [0.3, 0.4) is 0 Å². The molecule has 2 aromatic rings. The van der Waals surface area contributed by atoms with E-state index in [0.29, 0.717) is 0 Å². The van der Waals surface area contributed by atoms with Crippen LogP contribution < -0.4 is 5.32 Å². The van der Waals surface area contributed by atoms with Crippen LogP contribution in [0.5, 0.6) is 0 Å². The number of thiophene rings is 1. The summed E-state index contributed by atoms with van der Waals surface area (Å²) >= 11 is 5.24. The molecule has 4 heteroatoms. The van der Waals surface area contributed by atoms with Gasteiger partial charge in [-0.05, 0) is 53.2 Å². The number of hydrogen-bond acceptors (Lipinski definition) is 3. The normalized spacial score (nSPS) is 12.7. The number of halogens is 1. The van der Waals surface area contributed by atoms with Crippen molar-refractivity contribution in [2.24, 2.45) is 0 Å². The van der Waals surface area contributed by atoms with Gasteiger partial charge in [0.25, 0.3) is 0 Å². The Kier molecular flexibility index (Phi) is 3.74. The Labute approximate surface area is 108 Å². The van der Waals surface area contributed by atoms with E-state index in [-0.39, 0.29) is 6.04 Å². The van der Waals surface area contributed by atoms with Crippen LogP contribution in [0.15, 0.2) is 34.4 Å². The molecule has 2 rings (SSSR count). The lowest BCUT2D eigenvalue weighted by molar-refractivity contribution is 0.700. The van der Waals surface area contributed by atoms with Gasteiger partial charge in [-0.1, -0.05) is 6.07 Å². The van der Waals surface area contributed by atoms with Crippen LogP contribution >= 0.6 is 27.3 Å². The van der Waals surface area contributed by atoms with Gasteiger partial charge in [-0.3, -0.25) is 4.98 Å². The van der Waals surface area contributed by atoms with Gasteiger partial charge in [-0.25, -0.2) is 0 Å². The quantitative estimate of drug-likeness (QED) is 0.937. The average molecular weight is 297 g/mol. The molecule has 0 aliphatic rings. The van der Waals surface area contributed by atoms with Gasteiger partial charge in [0.15, 0.2) is 0 Å². The highest BCUT2D eigenvalue weighted by molar-refractivity contribution is 9.11. The molecule has 0 bridgehead atoms. The third kappa shape index (κ3) is 2.51. The molecule has 2 heterocycles. The van der Waals surface area contributed by atoms with E-state index in [1.807, 2.05) is 19.4 Å². The summed E-state index contributed by atoms with van der Waals surface area (Å²) in [5.74, 6) is 0. The molecule has 0 fully saturated rings. The molecule has 0 aliphatic heterocycles. The zero-order valence-electron chi connectivity index (χ0n) is 9.20. The molecule has 0 radical (unpaired) electrons. The lowest BCUT2D eigenvalue weighted by Crippen LogP contribution is -2.16. The highest BCUT2D eigenvalue weighted by Crippen LogP contribution is 2.30. The molecule has 1 N–H and O–H groups in total. The summed E-state index contributed by atoms with van der Waals surface area (Å²) in [6.45, 7) is 2.06. The van der Waals surface area contributed by atoms with Crippen molar-refractivity contribution < 1.29 is 0 Å². The van der Waals surface area contributed by atoms with Crippen molar-refractivity contribution in [3.8, 4) is 0 Å². The van der Waals surface area contributed by atoms with E-state index < -0.39 is 0 Å². The third-order valence-corrected chi connectivity index (χ3v) is 4.09. The van der Waals surface area contributed by atoms with Gasteiger partial charge in [0.1, 0.15) is 0 Å². The number of nitrogens with one attached hydrogen (secondary N) is 1. The van der Waals surface area contributed by atoms with Crippen LogP contribution in [0.25, 0.3) is 0 Å². The van der Waals surface area contributed by atoms with E-state index in [9.17, 15) is 0 Å². The molecule has 0 aromatic carbocycles. The smallest absolute Gasteiger partial charge is 0.0702 e. The summed E-state index contributed by atoms with van der Waals surface area (Å²) in [4.78, 5) is 5.53. The second kappa shape index (κ2) is 5.08. The lowest BCUT2D eigenvalue weighted by Gasteiger charge is -2.14.